The van der Waals surface area contributed by atoms with Gasteiger partial charge in [-0.15, -0.1) is 11.8 Å². The SMILES string of the molecule is O=C(O)C1Cc2c(Cl)cccc2S1. The fraction of sp³-hybridized carbons (Fsp3) is 0.222. The Morgan fingerprint density at radius 3 is 3.00 bits per heavy atom. The molecule has 1 aliphatic heterocycles. The Morgan fingerprint density at radius 2 is 2.38 bits per heavy atom. The van der Waals surface area contributed by atoms with Crippen molar-refractivity contribution in [2.45, 2.75) is 16.6 Å². The van der Waals surface area contributed by atoms with Crippen molar-refractivity contribution < 1.29 is 9.90 Å². The third-order valence-corrected chi connectivity index (χ3v) is 3.65. The van der Waals surface area contributed by atoms with Crippen LogP contribution in [-0.2, 0) is 11.2 Å². The summed E-state index contributed by atoms with van der Waals surface area (Å²) in [6, 6.07) is 5.55. The zero-order valence-corrected chi connectivity index (χ0v) is 8.23. The number of rotatable bonds is 1. The zero-order valence-electron chi connectivity index (χ0n) is 6.66. The largest absolute Gasteiger partial charge is 0.480 e. The maximum absolute atomic E-state index is 10.7. The first kappa shape index (κ1) is 8.91. The van der Waals surface area contributed by atoms with Gasteiger partial charge in [-0.1, -0.05) is 17.7 Å². The van der Waals surface area contributed by atoms with E-state index in [1.54, 1.807) is 6.07 Å². The summed E-state index contributed by atoms with van der Waals surface area (Å²) >= 11 is 7.31. The van der Waals surface area contributed by atoms with Crippen LogP contribution in [0.15, 0.2) is 23.1 Å². The van der Waals surface area contributed by atoms with Gasteiger partial charge in [0.05, 0.1) is 0 Å². The molecule has 4 heteroatoms. The van der Waals surface area contributed by atoms with Crippen molar-refractivity contribution in [3.8, 4) is 0 Å². The third kappa shape index (κ3) is 1.54. The van der Waals surface area contributed by atoms with Crippen LogP contribution in [0.1, 0.15) is 5.56 Å². The first-order valence-electron chi connectivity index (χ1n) is 3.85. The van der Waals surface area contributed by atoms with Crippen molar-refractivity contribution in [1.82, 2.24) is 0 Å². The Balaban J connectivity index is 2.35. The highest BCUT2D eigenvalue weighted by Crippen LogP contribution is 2.40. The highest BCUT2D eigenvalue weighted by atomic mass is 35.5. The molecular weight excluding hydrogens is 208 g/mol. The van der Waals surface area contributed by atoms with Gasteiger partial charge in [-0.05, 0) is 24.1 Å². The van der Waals surface area contributed by atoms with Crippen molar-refractivity contribution in [3.05, 3.63) is 28.8 Å². The van der Waals surface area contributed by atoms with Gasteiger partial charge in [-0.2, -0.15) is 0 Å². The zero-order chi connectivity index (χ0) is 9.42. The molecule has 1 heterocycles. The summed E-state index contributed by atoms with van der Waals surface area (Å²) < 4.78 is 0. The van der Waals surface area contributed by atoms with E-state index in [4.69, 9.17) is 16.7 Å². The van der Waals surface area contributed by atoms with Gasteiger partial charge in [0.25, 0.3) is 0 Å². The molecule has 2 nitrogen and oxygen atoms in total. The number of benzene rings is 1. The minimum absolute atomic E-state index is 0.366. The molecule has 1 unspecified atom stereocenters. The van der Waals surface area contributed by atoms with E-state index >= 15 is 0 Å². The van der Waals surface area contributed by atoms with Crippen LogP contribution in [-0.4, -0.2) is 16.3 Å². The Labute approximate surface area is 84.9 Å². The lowest BCUT2D eigenvalue weighted by Crippen LogP contribution is -2.14. The van der Waals surface area contributed by atoms with E-state index < -0.39 is 5.97 Å². The number of carboxylic acid groups (broad SMARTS) is 1. The molecule has 0 aromatic heterocycles. The van der Waals surface area contributed by atoms with Crippen LogP contribution in [0.25, 0.3) is 0 Å². The van der Waals surface area contributed by atoms with Gasteiger partial charge in [-0.3, -0.25) is 4.79 Å². The molecule has 0 radical (unpaired) electrons. The fourth-order valence-corrected chi connectivity index (χ4v) is 2.82. The summed E-state index contributed by atoms with van der Waals surface area (Å²) in [7, 11) is 0. The van der Waals surface area contributed by atoms with Crippen molar-refractivity contribution in [1.29, 1.82) is 0 Å². The number of halogens is 1. The monoisotopic (exact) mass is 214 g/mol. The van der Waals surface area contributed by atoms with E-state index in [0.717, 1.165) is 10.5 Å². The molecule has 0 spiro atoms. The lowest BCUT2D eigenvalue weighted by Gasteiger charge is -1.98. The Kier molecular flexibility index (Phi) is 2.22. The summed E-state index contributed by atoms with van der Waals surface area (Å²) in [6.45, 7) is 0. The van der Waals surface area contributed by atoms with Gasteiger partial charge in [0.1, 0.15) is 5.25 Å². The van der Waals surface area contributed by atoms with Gasteiger partial charge in [-0.25, -0.2) is 0 Å². The molecule has 1 aliphatic rings. The molecule has 1 N–H and O–H groups in total. The first-order valence-corrected chi connectivity index (χ1v) is 5.11. The molecule has 68 valence electrons. The number of fused-ring (bicyclic) bond motifs is 1. The van der Waals surface area contributed by atoms with Crippen LogP contribution in [0.3, 0.4) is 0 Å². The molecule has 0 amide bonds. The van der Waals surface area contributed by atoms with Gasteiger partial charge in [0.15, 0.2) is 0 Å². The van der Waals surface area contributed by atoms with E-state index in [9.17, 15) is 4.79 Å². The second-order valence-corrected chi connectivity index (χ2v) is 4.52. The smallest absolute Gasteiger partial charge is 0.317 e. The van der Waals surface area contributed by atoms with E-state index in [-0.39, 0.29) is 5.25 Å². The maximum Gasteiger partial charge on any atom is 0.317 e. The summed E-state index contributed by atoms with van der Waals surface area (Å²) in [6.07, 6.45) is 0.537. The Morgan fingerprint density at radius 1 is 1.62 bits per heavy atom. The Hall–Kier alpha value is -0.670. The van der Waals surface area contributed by atoms with Crippen molar-refractivity contribution in [3.63, 3.8) is 0 Å². The van der Waals surface area contributed by atoms with E-state index in [0.29, 0.717) is 11.4 Å². The number of carboxylic acids is 1. The van der Waals surface area contributed by atoms with Gasteiger partial charge >= 0.3 is 5.97 Å². The molecule has 13 heavy (non-hydrogen) atoms. The topological polar surface area (TPSA) is 37.3 Å². The number of aliphatic carboxylic acids is 1. The van der Waals surface area contributed by atoms with Crippen LogP contribution in [0.4, 0.5) is 0 Å². The lowest BCUT2D eigenvalue weighted by atomic mass is 10.1. The van der Waals surface area contributed by atoms with E-state index in [2.05, 4.69) is 0 Å². The number of carbonyl (C=O) groups is 1. The molecule has 1 atom stereocenters. The third-order valence-electron chi connectivity index (χ3n) is 2.01. The van der Waals surface area contributed by atoms with E-state index in [1.165, 1.54) is 11.8 Å². The predicted molar refractivity (Wildman–Crippen MR) is 52.4 cm³/mol. The average molecular weight is 215 g/mol. The average Bonchev–Trinajstić information content (AvgIpc) is 2.49. The minimum Gasteiger partial charge on any atom is -0.480 e. The number of hydrogen-bond acceptors (Lipinski definition) is 2. The molecule has 2 rings (SSSR count). The molecule has 1 aromatic rings. The normalized spacial score (nSPS) is 19.9. The van der Waals surface area contributed by atoms with Gasteiger partial charge in [0.2, 0.25) is 0 Å². The maximum atomic E-state index is 10.7. The molecule has 0 saturated carbocycles. The summed E-state index contributed by atoms with van der Waals surface area (Å²) in [5, 5.41) is 9.12. The Bertz CT molecular complexity index is 365. The molecule has 0 bridgehead atoms. The summed E-state index contributed by atoms with van der Waals surface area (Å²) in [5.41, 5.74) is 0.974. The first-order chi connectivity index (χ1) is 6.18. The second-order valence-electron chi connectivity index (χ2n) is 2.87. The number of thioether (sulfide) groups is 1. The second kappa shape index (κ2) is 3.24. The van der Waals surface area contributed by atoms with Gasteiger partial charge in [0, 0.05) is 9.92 Å². The molecule has 1 aromatic carbocycles. The molecule has 0 aliphatic carbocycles. The quantitative estimate of drug-likeness (QED) is 0.780. The highest BCUT2D eigenvalue weighted by Gasteiger charge is 2.29. The molecule has 0 saturated heterocycles. The number of hydrogen-bond donors (Lipinski definition) is 1. The van der Waals surface area contributed by atoms with E-state index in [1.807, 2.05) is 12.1 Å². The molecular formula is C9H7ClO2S. The van der Waals surface area contributed by atoms with Crippen LogP contribution in [0.2, 0.25) is 5.02 Å². The van der Waals surface area contributed by atoms with Crippen LogP contribution in [0, 0.1) is 0 Å². The highest BCUT2D eigenvalue weighted by molar-refractivity contribution is 8.01. The predicted octanol–water partition coefficient (Wildman–Crippen LogP) is 2.44. The van der Waals surface area contributed by atoms with Gasteiger partial charge < -0.3 is 5.11 Å². The van der Waals surface area contributed by atoms with Crippen molar-refractivity contribution in [2.24, 2.45) is 0 Å². The fourth-order valence-electron chi connectivity index (χ4n) is 1.37. The summed E-state index contributed by atoms with van der Waals surface area (Å²) in [5.74, 6) is -0.766. The summed E-state index contributed by atoms with van der Waals surface area (Å²) in [4.78, 5) is 11.7. The van der Waals surface area contributed by atoms with Crippen molar-refractivity contribution in [2.75, 3.05) is 0 Å². The standard InChI is InChI=1S/C9H7ClO2S/c10-6-2-1-3-7-5(6)4-8(13-7)9(11)12/h1-3,8H,4H2,(H,11,12). The van der Waals surface area contributed by atoms with Crippen LogP contribution in [0.5, 0.6) is 0 Å². The minimum atomic E-state index is -0.766. The van der Waals surface area contributed by atoms with Crippen LogP contribution >= 0.6 is 23.4 Å². The van der Waals surface area contributed by atoms with Crippen molar-refractivity contribution >= 4 is 29.3 Å². The molecule has 0 fully saturated rings. The lowest BCUT2D eigenvalue weighted by molar-refractivity contribution is -0.136. The van der Waals surface area contributed by atoms with Crippen LogP contribution < -0.4 is 0 Å².